The Kier molecular flexibility index (Phi) is 7.05. The number of nitrogens with two attached hydrogens (primary N) is 2. The van der Waals surface area contributed by atoms with E-state index >= 15 is 0 Å². The van der Waals surface area contributed by atoms with Gasteiger partial charge in [0.1, 0.15) is 5.82 Å². The molecule has 0 aliphatic heterocycles. The topological polar surface area (TPSA) is 128 Å². The summed E-state index contributed by atoms with van der Waals surface area (Å²) in [5.74, 6) is -2.67. The van der Waals surface area contributed by atoms with Crippen molar-refractivity contribution in [2.24, 2.45) is 11.5 Å². The SMILES string of the molecule is CCC[C@@H](Nc1nc(Nc2cnc(OC)c(F)c2)c(C(N)=O)cc1F)[C@H](C)N. The highest BCUT2D eigenvalue weighted by atomic mass is 19.1. The minimum absolute atomic E-state index is 0.0392. The first-order chi connectivity index (χ1) is 13.3. The van der Waals surface area contributed by atoms with Gasteiger partial charge in [0, 0.05) is 18.2 Å². The zero-order valence-corrected chi connectivity index (χ0v) is 15.9. The zero-order chi connectivity index (χ0) is 20.8. The van der Waals surface area contributed by atoms with Crippen molar-refractivity contribution in [2.45, 2.75) is 38.8 Å². The average Bonchev–Trinajstić information content (AvgIpc) is 2.63. The molecule has 0 aromatic carbocycles. The molecule has 1 amide bonds. The van der Waals surface area contributed by atoms with Crippen LogP contribution in [0, 0.1) is 11.6 Å². The first-order valence-electron chi connectivity index (χ1n) is 8.75. The molecule has 0 fully saturated rings. The minimum atomic E-state index is -0.889. The number of rotatable bonds is 9. The van der Waals surface area contributed by atoms with Gasteiger partial charge in [-0.15, -0.1) is 0 Å². The Labute approximate surface area is 161 Å². The maximum absolute atomic E-state index is 14.5. The van der Waals surface area contributed by atoms with Crippen LogP contribution in [0.15, 0.2) is 18.3 Å². The Morgan fingerprint density at radius 2 is 2.00 bits per heavy atom. The molecule has 0 aliphatic rings. The summed E-state index contributed by atoms with van der Waals surface area (Å²) in [5.41, 5.74) is 11.3. The number of hydrogen-bond donors (Lipinski definition) is 4. The molecule has 28 heavy (non-hydrogen) atoms. The van der Waals surface area contributed by atoms with Gasteiger partial charge in [0.25, 0.3) is 5.91 Å². The van der Waals surface area contributed by atoms with Crippen molar-refractivity contribution in [3.05, 3.63) is 35.5 Å². The Morgan fingerprint density at radius 3 is 2.54 bits per heavy atom. The Bertz CT molecular complexity index is 847. The van der Waals surface area contributed by atoms with E-state index in [4.69, 9.17) is 16.2 Å². The van der Waals surface area contributed by atoms with E-state index in [9.17, 15) is 13.6 Å². The fourth-order valence-corrected chi connectivity index (χ4v) is 2.61. The maximum atomic E-state index is 14.5. The quantitative estimate of drug-likeness (QED) is 0.514. The van der Waals surface area contributed by atoms with Crippen LogP contribution in [0.4, 0.5) is 26.1 Å². The number of nitrogens with zero attached hydrogens (tertiary/aromatic N) is 2. The number of pyridine rings is 2. The van der Waals surface area contributed by atoms with Crippen molar-refractivity contribution in [3.63, 3.8) is 0 Å². The summed E-state index contributed by atoms with van der Waals surface area (Å²) in [4.78, 5) is 19.6. The van der Waals surface area contributed by atoms with E-state index < -0.39 is 17.5 Å². The van der Waals surface area contributed by atoms with Crippen LogP contribution < -0.4 is 26.8 Å². The average molecular weight is 394 g/mol. The number of primary amides is 1. The largest absolute Gasteiger partial charge is 0.479 e. The van der Waals surface area contributed by atoms with Crippen LogP contribution in [0.2, 0.25) is 0 Å². The molecule has 10 heteroatoms. The van der Waals surface area contributed by atoms with Crippen LogP contribution in [-0.4, -0.2) is 35.1 Å². The minimum Gasteiger partial charge on any atom is -0.479 e. The lowest BCUT2D eigenvalue weighted by Gasteiger charge is -2.23. The number of amides is 1. The molecule has 0 bridgehead atoms. The van der Waals surface area contributed by atoms with Crippen molar-refractivity contribution < 1.29 is 18.3 Å². The number of carbonyl (C=O) groups is 1. The third kappa shape index (κ3) is 5.03. The van der Waals surface area contributed by atoms with Gasteiger partial charge in [-0.05, 0) is 19.4 Å². The molecule has 0 aliphatic carbocycles. The highest BCUT2D eigenvalue weighted by Crippen LogP contribution is 2.26. The van der Waals surface area contributed by atoms with E-state index in [0.29, 0.717) is 6.42 Å². The monoisotopic (exact) mass is 394 g/mol. The fourth-order valence-electron chi connectivity index (χ4n) is 2.61. The summed E-state index contributed by atoms with van der Waals surface area (Å²) in [5, 5.41) is 5.70. The van der Waals surface area contributed by atoms with Crippen molar-refractivity contribution in [1.29, 1.82) is 0 Å². The predicted molar refractivity (Wildman–Crippen MR) is 103 cm³/mol. The Morgan fingerprint density at radius 1 is 1.29 bits per heavy atom. The summed E-state index contributed by atoms with van der Waals surface area (Å²) in [6.45, 7) is 3.78. The summed E-state index contributed by atoms with van der Waals surface area (Å²) >= 11 is 0. The predicted octanol–water partition coefficient (Wildman–Crippen LogP) is 2.53. The van der Waals surface area contributed by atoms with Gasteiger partial charge in [-0.2, -0.15) is 0 Å². The second-order valence-corrected chi connectivity index (χ2v) is 6.32. The summed E-state index contributed by atoms with van der Waals surface area (Å²) in [6, 6.07) is 1.60. The van der Waals surface area contributed by atoms with Crippen molar-refractivity contribution in [1.82, 2.24) is 9.97 Å². The van der Waals surface area contributed by atoms with Gasteiger partial charge in [-0.25, -0.2) is 18.7 Å². The molecule has 0 radical (unpaired) electrons. The van der Waals surface area contributed by atoms with Gasteiger partial charge in [-0.3, -0.25) is 4.79 Å². The molecule has 0 saturated carbocycles. The fraction of sp³-hybridized carbons (Fsp3) is 0.389. The number of nitrogens with one attached hydrogen (secondary N) is 2. The third-order valence-corrected chi connectivity index (χ3v) is 4.06. The van der Waals surface area contributed by atoms with Crippen LogP contribution >= 0.6 is 0 Å². The Balaban J connectivity index is 2.41. The number of anilines is 3. The molecule has 2 aromatic heterocycles. The molecule has 2 atom stereocenters. The summed E-state index contributed by atoms with van der Waals surface area (Å²) in [7, 11) is 1.29. The van der Waals surface area contributed by atoms with Gasteiger partial charge in [0.15, 0.2) is 17.5 Å². The van der Waals surface area contributed by atoms with Gasteiger partial charge in [0.2, 0.25) is 5.88 Å². The smallest absolute Gasteiger partial charge is 0.252 e. The van der Waals surface area contributed by atoms with Crippen molar-refractivity contribution >= 4 is 23.2 Å². The number of aromatic nitrogens is 2. The molecular formula is C18H24F2N6O2. The van der Waals surface area contributed by atoms with E-state index in [1.54, 1.807) is 6.92 Å². The van der Waals surface area contributed by atoms with E-state index in [2.05, 4.69) is 20.6 Å². The van der Waals surface area contributed by atoms with Crippen molar-refractivity contribution in [3.8, 4) is 5.88 Å². The number of ether oxygens (including phenoxy) is 1. The lowest BCUT2D eigenvalue weighted by Crippen LogP contribution is -2.38. The highest BCUT2D eigenvalue weighted by molar-refractivity contribution is 5.98. The summed E-state index contributed by atoms with van der Waals surface area (Å²) < 4.78 is 33.1. The maximum Gasteiger partial charge on any atom is 0.252 e. The lowest BCUT2D eigenvalue weighted by atomic mass is 10.1. The van der Waals surface area contributed by atoms with E-state index in [0.717, 1.165) is 18.6 Å². The number of methoxy groups -OCH3 is 1. The number of halogens is 2. The molecule has 2 aromatic rings. The van der Waals surface area contributed by atoms with Gasteiger partial charge in [-0.1, -0.05) is 13.3 Å². The zero-order valence-electron chi connectivity index (χ0n) is 15.9. The molecule has 2 rings (SSSR count). The molecular weight excluding hydrogens is 370 g/mol. The third-order valence-electron chi connectivity index (χ3n) is 4.06. The molecule has 2 heterocycles. The first-order valence-corrected chi connectivity index (χ1v) is 8.75. The normalized spacial score (nSPS) is 12.9. The van der Waals surface area contributed by atoms with Gasteiger partial charge in [0.05, 0.1) is 24.6 Å². The van der Waals surface area contributed by atoms with Crippen LogP contribution in [0.5, 0.6) is 5.88 Å². The van der Waals surface area contributed by atoms with Crippen LogP contribution in [0.3, 0.4) is 0 Å². The lowest BCUT2D eigenvalue weighted by molar-refractivity contribution is 0.100. The van der Waals surface area contributed by atoms with Crippen LogP contribution in [-0.2, 0) is 0 Å². The molecule has 0 saturated heterocycles. The molecule has 0 unspecified atom stereocenters. The van der Waals surface area contributed by atoms with Crippen molar-refractivity contribution in [2.75, 3.05) is 17.7 Å². The molecule has 8 nitrogen and oxygen atoms in total. The summed E-state index contributed by atoms with van der Waals surface area (Å²) in [6.07, 6.45) is 2.82. The molecule has 152 valence electrons. The van der Waals surface area contributed by atoms with Gasteiger partial charge < -0.3 is 26.8 Å². The molecule has 6 N–H and O–H groups in total. The first kappa shape index (κ1) is 21.3. The standard InChI is InChI=1S/C18H24F2N6O2/c1-4-5-14(9(2)21)25-17-12(19)7-11(15(22)27)16(26-17)24-10-6-13(20)18(28-3)23-8-10/h6-9,14H,4-5,21H2,1-3H3,(H2,22,27)(H2,24,25,26)/t9-,14+/m0/s1. The van der Waals surface area contributed by atoms with E-state index in [-0.39, 0.29) is 40.9 Å². The van der Waals surface area contributed by atoms with Crippen LogP contribution in [0.25, 0.3) is 0 Å². The second kappa shape index (κ2) is 9.27. The Hall–Kier alpha value is -3.01. The van der Waals surface area contributed by atoms with E-state index in [1.165, 1.54) is 13.3 Å². The van der Waals surface area contributed by atoms with Crippen LogP contribution in [0.1, 0.15) is 37.0 Å². The number of carbonyl (C=O) groups excluding carboxylic acids is 1. The highest BCUT2D eigenvalue weighted by Gasteiger charge is 2.20. The second-order valence-electron chi connectivity index (χ2n) is 6.32. The van der Waals surface area contributed by atoms with Gasteiger partial charge >= 0.3 is 0 Å². The van der Waals surface area contributed by atoms with E-state index in [1.807, 2.05) is 6.92 Å². The number of hydrogen-bond acceptors (Lipinski definition) is 7. The molecule has 0 spiro atoms.